The van der Waals surface area contributed by atoms with Gasteiger partial charge in [-0.05, 0) is 58.3 Å². The molecule has 0 aliphatic heterocycles. The number of aromatic amines is 1. The predicted molar refractivity (Wildman–Crippen MR) is 167 cm³/mol. The van der Waals surface area contributed by atoms with E-state index in [4.69, 9.17) is 9.47 Å². The molecule has 10 nitrogen and oxygen atoms in total. The summed E-state index contributed by atoms with van der Waals surface area (Å²) in [4.78, 5) is 43.1. The number of rotatable bonds is 12. The van der Waals surface area contributed by atoms with Gasteiger partial charge in [-0.1, -0.05) is 32.0 Å². The number of fused-ring (bicyclic) bond motifs is 1. The fourth-order valence-electron chi connectivity index (χ4n) is 5.12. The number of ether oxygens (including phenoxy) is 2. The Morgan fingerprint density at radius 1 is 1.24 bits per heavy atom. The summed E-state index contributed by atoms with van der Waals surface area (Å²) >= 11 is 2.02. The van der Waals surface area contributed by atoms with Crippen molar-refractivity contribution in [3.8, 4) is 11.5 Å². The zero-order chi connectivity index (χ0) is 30.4. The minimum absolute atomic E-state index is 0.0584. The van der Waals surface area contributed by atoms with Crippen molar-refractivity contribution in [2.24, 2.45) is 5.92 Å². The highest BCUT2D eigenvalue weighted by Gasteiger charge is 2.41. The second-order valence-corrected chi connectivity index (χ2v) is 11.6. The van der Waals surface area contributed by atoms with Gasteiger partial charge in [-0.3, -0.25) is 14.4 Å². The van der Waals surface area contributed by atoms with Crippen LogP contribution in [0.25, 0.3) is 10.9 Å². The summed E-state index contributed by atoms with van der Waals surface area (Å²) in [5.41, 5.74) is 2.67. The lowest BCUT2D eigenvalue weighted by Crippen LogP contribution is -2.56. The molecule has 0 unspecified atom stereocenters. The Kier molecular flexibility index (Phi) is 10.6. The molecule has 0 saturated heterocycles. The summed E-state index contributed by atoms with van der Waals surface area (Å²) in [5.74, 6) is -0.325. The van der Waals surface area contributed by atoms with Gasteiger partial charge in [-0.15, -0.1) is 0 Å². The van der Waals surface area contributed by atoms with E-state index in [0.29, 0.717) is 45.5 Å². The van der Waals surface area contributed by atoms with Crippen molar-refractivity contribution < 1.29 is 34.1 Å². The van der Waals surface area contributed by atoms with Gasteiger partial charge in [0.1, 0.15) is 18.5 Å². The van der Waals surface area contributed by atoms with Crippen molar-refractivity contribution in [3.63, 3.8) is 0 Å². The summed E-state index contributed by atoms with van der Waals surface area (Å²) < 4.78 is 12.3. The van der Waals surface area contributed by atoms with Crippen LogP contribution in [-0.2, 0) is 16.0 Å². The van der Waals surface area contributed by atoms with Crippen molar-refractivity contribution >= 4 is 51.6 Å². The number of para-hydroxylation sites is 1. The third kappa shape index (κ3) is 7.13. The number of aliphatic hydroxyl groups is 2. The van der Waals surface area contributed by atoms with Gasteiger partial charge in [0.15, 0.2) is 11.5 Å². The molecule has 3 aromatic rings. The van der Waals surface area contributed by atoms with Crippen molar-refractivity contribution in [2.75, 3.05) is 26.8 Å². The van der Waals surface area contributed by atoms with Crippen LogP contribution in [0.15, 0.2) is 54.1 Å². The van der Waals surface area contributed by atoms with Gasteiger partial charge in [0.05, 0.1) is 23.3 Å². The number of benzene rings is 2. The normalized spacial score (nSPS) is 18.5. The van der Waals surface area contributed by atoms with Gasteiger partial charge in [-0.2, -0.15) is 0 Å². The molecule has 2 aromatic carbocycles. The van der Waals surface area contributed by atoms with Crippen LogP contribution in [0.4, 0.5) is 0 Å². The monoisotopic (exact) mass is 689 g/mol. The van der Waals surface area contributed by atoms with Crippen LogP contribution in [0.2, 0.25) is 0 Å². The number of methoxy groups -OCH3 is 1. The quantitative estimate of drug-likeness (QED) is 0.169. The van der Waals surface area contributed by atoms with E-state index >= 15 is 0 Å². The van der Waals surface area contributed by atoms with Gasteiger partial charge in [0.25, 0.3) is 0 Å². The van der Waals surface area contributed by atoms with Crippen LogP contribution < -0.4 is 14.8 Å². The Labute approximate surface area is 258 Å². The zero-order valence-electron chi connectivity index (χ0n) is 23.8. The molecule has 1 heterocycles. The van der Waals surface area contributed by atoms with E-state index in [1.165, 1.54) is 13.2 Å². The minimum atomic E-state index is -1.18. The van der Waals surface area contributed by atoms with Gasteiger partial charge < -0.3 is 34.9 Å². The smallest absolute Gasteiger partial charge is 0.247 e. The maximum atomic E-state index is 13.6. The number of halogens is 1. The standard InChI is InChI=1S/C31H36IN3O7/c1-18(2)31(40)35(10-8-22-14-20-6-4-5-7-24(20)34-22)25-15-21(30(39)33-9-11-36)16-26(28(25)38)42-29-23(32)12-19(17-37)13-27(29)41-3/h4-7,12-14,16-18,25-26,28,34,36,38H,8-11,15H2,1-3H3,(H,33,39)/t25-,26+,28+/m1/s1. The van der Waals surface area contributed by atoms with Crippen molar-refractivity contribution in [1.29, 1.82) is 0 Å². The Hall–Kier alpha value is -3.42. The van der Waals surface area contributed by atoms with E-state index in [2.05, 4.69) is 10.3 Å². The van der Waals surface area contributed by atoms with Gasteiger partial charge in [0.2, 0.25) is 11.8 Å². The first-order valence-electron chi connectivity index (χ1n) is 13.8. The fraction of sp³-hybridized carbons (Fsp3) is 0.387. The lowest BCUT2D eigenvalue weighted by molar-refractivity contribution is -0.141. The van der Waals surface area contributed by atoms with E-state index in [1.54, 1.807) is 30.9 Å². The number of hydrogen-bond donors (Lipinski definition) is 4. The molecule has 0 radical (unpaired) electrons. The number of aromatic nitrogens is 1. The molecule has 0 bridgehead atoms. The highest BCUT2D eigenvalue weighted by Crippen LogP contribution is 2.37. The Morgan fingerprint density at radius 2 is 2.00 bits per heavy atom. The van der Waals surface area contributed by atoms with E-state index in [-0.39, 0.29) is 31.4 Å². The third-order valence-electron chi connectivity index (χ3n) is 7.24. The van der Waals surface area contributed by atoms with Gasteiger partial charge >= 0.3 is 0 Å². The molecular formula is C31H36IN3O7. The lowest BCUT2D eigenvalue weighted by Gasteiger charge is -2.41. The Balaban J connectivity index is 1.68. The predicted octanol–water partition coefficient (Wildman–Crippen LogP) is 3.24. The first-order valence-corrected chi connectivity index (χ1v) is 14.9. The van der Waals surface area contributed by atoms with E-state index in [0.717, 1.165) is 16.6 Å². The number of nitrogens with zero attached hydrogens (tertiary/aromatic N) is 1. The molecule has 4 rings (SSSR count). The molecule has 42 heavy (non-hydrogen) atoms. The Bertz CT molecular complexity index is 1430. The number of H-pyrrole nitrogens is 1. The lowest BCUT2D eigenvalue weighted by atomic mass is 9.87. The van der Waals surface area contributed by atoms with E-state index < -0.39 is 24.2 Å². The first kappa shape index (κ1) is 31.5. The number of hydrogen-bond acceptors (Lipinski definition) is 7. The average molecular weight is 690 g/mol. The van der Waals surface area contributed by atoms with Gasteiger partial charge in [0, 0.05) is 54.2 Å². The van der Waals surface area contributed by atoms with E-state index in [1.807, 2.05) is 52.9 Å². The minimum Gasteiger partial charge on any atom is -0.493 e. The number of carbonyl (C=O) groups is 3. The second-order valence-electron chi connectivity index (χ2n) is 10.5. The third-order valence-corrected chi connectivity index (χ3v) is 8.04. The fourth-order valence-corrected chi connectivity index (χ4v) is 5.87. The topological polar surface area (TPSA) is 141 Å². The SMILES string of the molecule is COc1cc(C=O)cc(I)c1O[C@H]1C=C(C(=O)NCCO)C[C@@H](N(CCc2cc3ccccc3[nH]2)C(=O)C(C)C)[C@@H]1O. The summed E-state index contributed by atoms with van der Waals surface area (Å²) in [5, 5.41) is 24.7. The second kappa shape index (κ2) is 14.2. The molecule has 1 aliphatic rings. The van der Waals surface area contributed by atoms with Gasteiger partial charge in [-0.25, -0.2) is 0 Å². The molecule has 1 aliphatic carbocycles. The maximum absolute atomic E-state index is 13.6. The Morgan fingerprint density at radius 3 is 2.67 bits per heavy atom. The molecule has 0 saturated carbocycles. The molecule has 3 atom stereocenters. The maximum Gasteiger partial charge on any atom is 0.247 e. The first-order chi connectivity index (χ1) is 20.2. The van der Waals surface area contributed by atoms with Crippen molar-refractivity contribution in [2.45, 2.75) is 44.9 Å². The van der Waals surface area contributed by atoms with Crippen LogP contribution in [0.3, 0.4) is 0 Å². The van der Waals surface area contributed by atoms with Crippen LogP contribution in [0.1, 0.15) is 36.3 Å². The number of nitrogens with one attached hydrogen (secondary N) is 2. The van der Waals surface area contributed by atoms with Crippen molar-refractivity contribution in [3.05, 3.63) is 68.9 Å². The number of amides is 2. The van der Waals surface area contributed by atoms with Crippen LogP contribution >= 0.6 is 22.6 Å². The number of carbonyl (C=O) groups excluding carboxylic acids is 3. The summed E-state index contributed by atoms with van der Waals surface area (Å²) in [6.07, 6.45) is 0.659. The molecule has 2 amide bonds. The molecule has 1 aromatic heterocycles. The highest BCUT2D eigenvalue weighted by atomic mass is 127. The van der Waals surface area contributed by atoms with Crippen LogP contribution in [0.5, 0.6) is 11.5 Å². The summed E-state index contributed by atoms with van der Waals surface area (Å²) in [7, 11) is 1.45. The molecule has 11 heteroatoms. The number of aliphatic hydroxyl groups excluding tert-OH is 2. The summed E-state index contributed by atoms with van der Waals surface area (Å²) in [6, 6.07) is 12.4. The average Bonchev–Trinajstić information content (AvgIpc) is 3.41. The van der Waals surface area contributed by atoms with Crippen LogP contribution in [-0.4, -0.2) is 83.3 Å². The molecular weight excluding hydrogens is 653 g/mol. The summed E-state index contributed by atoms with van der Waals surface area (Å²) in [6.45, 7) is 3.73. The highest BCUT2D eigenvalue weighted by molar-refractivity contribution is 14.1. The molecule has 0 fully saturated rings. The molecule has 0 spiro atoms. The molecule has 224 valence electrons. The van der Waals surface area contributed by atoms with E-state index in [9.17, 15) is 24.6 Å². The zero-order valence-corrected chi connectivity index (χ0v) is 26.0. The van der Waals surface area contributed by atoms with Crippen LogP contribution in [0, 0.1) is 9.49 Å². The number of aldehydes is 1. The molecule has 4 N–H and O–H groups in total. The van der Waals surface area contributed by atoms with Crippen molar-refractivity contribution in [1.82, 2.24) is 15.2 Å². The largest absolute Gasteiger partial charge is 0.493 e.